The summed E-state index contributed by atoms with van der Waals surface area (Å²) in [7, 11) is 0. The van der Waals surface area contributed by atoms with E-state index in [2.05, 4.69) is 10.6 Å². The summed E-state index contributed by atoms with van der Waals surface area (Å²) in [5, 5.41) is 16.9. The lowest BCUT2D eigenvalue weighted by atomic mass is 10.0. The highest BCUT2D eigenvalue weighted by molar-refractivity contribution is 7.09. The Bertz CT molecular complexity index is 591. The van der Waals surface area contributed by atoms with Gasteiger partial charge >= 0.3 is 11.8 Å². The van der Waals surface area contributed by atoms with Crippen LogP contribution in [-0.4, -0.2) is 23.5 Å². The van der Waals surface area contributed by atoms with Gasteiger partial charge in [-0.15, -0.1) is 11.3 Å². The molecule has 2 heterocycles. The van der Waals surface area contributed by atoms with E-state index in [1.165, 1.54) is 24.5 Å². The number of thiophene rings is 1. The van der Waals surface area contributed by atoms with Gasteiger partial charge in [-0.1, -0.05) is 6.07 Å². The summed E-state index contributed by atoms with van der Waals surface area (Å²) in [6.45, 7) is 1.68. The van der Waals surface area contributed by atoms with Gasteiger partial charge in [-0.3, -0.25) is 9.59 Å². The molecule has 0 aliphatic heterocycles. The molecule has 0 fully saturated rings. The van der Waals surface area contributed by atoms with Gasteiger partial charge in [-0.05, 0) is 30.5 Å². The van der Waals surface area contributed by atoms with E-state index in [1.807, 2.05) is 17.5 Å². The summed E-state index contributed by atoms with van der Waals surface area (Å²) in [5.41, 5.74) is -1.37. The van der Waals surface area contributed by atoms with Crippen LogP contribution in [0.4, 0.5) is 0 Å². The summed E-state index contributed by atoms with van der Waals surface area (Å²) in [4.78, 5) is 24.2. The van der Waals surface area contributed by atoms with Gasteiger partial charge in [0, 0.05) is 4.88 Å². The Labute approximate surface area is 125 Å². The second-order valence-corrected chi connectivity index (χ2v) is 5.73. The summed E-state index contributed by atoms with van der Waals surface area (Å²) in [6.07, 6.45) is 1.43. The third kappa shape index (κ3) is 4.17. The number of nitrogens with one attached hydrogen (secondary N) is 2. The maximum Gasteiger partial charge on any atom is 0.309 e. The Balaban J connectivity index is 1.80. The van der Waals surface area contributed by atoms with E-state index in [9.17, 15) is 14.7 Å². The van der Waals surface area contributed by atoms with Crippen LogP contribution < -0.4 is 10.6 Å². The lowest BCUT2D eigenvalue weighted by molar-refractivity contribution is -0.140. The van der Waals surface area contributed by atoms with E-state index in [1.54, 1.807) is 12.1 Å². The van der Waals surface area contributed by atoms with Crippen molar-refractivity contribution < 1.29 is 19.1 Å². The molecule has 112 valence electrons. The number of rotatable bonds is 5. The van der Waals surface area contributed by atoms with Crippen LogP contribution in [0.15, 0.2) is 40.3 Å². The molecular formula is C14H16N2O4S. The quantitative estimate of drug-likeness (QED) is 0.718. The molecule has 0 spiro atoms. The summed E-state index contributed by atoms with van der Waals surface area (Å²) < 4.78 is 5.09. The number of hydrogen-bond acceptors (Lipinski definition) is 5. The van der Waals surface area contributed by atoms with E-state index in [0.29, 0.717) is 12.3 Å². The number of carbonyl (C=O) groups is 2. The zero-order valence-corrected chi connectivity index (χ0v) is 12.3. The number of carbonyl (C=O) groups excluding carboxylic acids is 2. The van der Waals surface area contributed by atoms with E-state index in [4.69, 9.17) is 4.42 Å². The normalized spacial score (nSPS) is 13.4. The highest BCUT2D eigenvalue weighted by atomic mass is 32.1. The molecule has 0 saturated carbocycles. The molecule has 0 aliphatic carbocycles. The van der Waals surface area contributed by atoms with Crippen LogP contribution in [0.3, 0.4) is 0 Å². The first kappa shape index (κ1) is 15.3. The fourth-order valence-corrected chi connectivity index (χ4v) is 2.31. The van der Waals surface area contributed by atoms with Gasteiger partial charge < -0.3 is 20.2 Å². The molecule has 0 radical (unpaired) electrons. The molecule has 7 heteroatoms. The third-order valence-corrected chi connectivity index (χ3v) is 3.73. The Kier molecular flexibility index (Phi) is 4.77. The average Bonchev–Trinajstić information content (AvgIpc) is 3.14. The van der Waals surface area contributed by atoms with Crippen LogP contribution >= 0.6 is 11.3 Å². The van der Waals surface area contributed by atoms with Gasteiger partial charge in [0.25, 0.3) is 0 Å². The van der Waals surface area contributed by atoms with Crippen molar-refractivity contribution in [3.8, 4) is 0 Å². The summed E-state index contributed by atoms with van der Waals surface area (Å²) in [6, 6.07) is 6.97. The monoisotopic (exact) mass is 308 g/mol. The van der Waals surface area contributed by atoms with Crippen molar-refractivity contribution in [2.75, 3.05) is 6.54 Å². The molecule has 21 heavy (non-hydrogen) atoms. The van der Waals surface area contributed by atoms with Gasteiger partial charge in [0.15, 0.2) is 0 Å². The molecule has 0 aromatic carbocycles. The molecule has 3 N–H and O–H groups in total. The molecule has 2 aromatic heterocycles. The highest BCUT2D eigenvalue weighted by Crippen LogP contribution is 2.19. The largest absolute Gasteiger partial charge is 0.466 e. The molecular weight excluding hydrogens is 292 g/mol. The number of furan rings is 1. The minimum absolute atomic E-state index is 0.119. The zero-order chi connectivity index (χ0) is 15.3. The summed E-state index contributed by atoms with van der Waals surface area (Å²) >= 11 is 1.49. The molecule has 6 nitrogen and oxygen atoms in total. The number of hydrogen-bond donors (Lipinski definition) is 3. The maximum atomic E-state index is 11.7. The third-order valence-electron chi connectivity index (χ3n) is 2.85. The van der Waals surface area contributed by atoms with Crippen LogP contribution in [0.25, 0.3) is 0 Å². The fraction of sp³-hybridized carbons (Fsp3) is 0.286. The van der Waals surface area contributed by atoms with Crippen molar-refractivity contribution in [3.05, 3.63) is 46.5 Å². The molecule has 0 aliphatic rings. The predicted molar refractivity (Wildman–Crippen MR) is 77.5 cm³/mol. The van der Waals surface area contributed by atoms with E-state index >= 15 is 0 Å². The molecule has 2 aromatic rings. The SMILES string of the molecule is CC(O)(CNC(=O)C(=O)NCc1cccs1)c1ccco1. The highest BCUT2D eigenvalue weighted by Gasteiger charge is 2.27. The van der Waals surface area contributed by atoms with Gasteiger partial charge in [-0.25, -0.2) is 0 Å². The fourth-order valence-electron chi connectivity index (χ4n) is 1.67. The van der Waals surface area contributed by atoms with Gasteiger partial charge in [0.1, 0.15) is 11.4 Å². The first-order valence-electron chi connectivity index (χ1n) is 6.34. The minimum atomic E-state index is -1.37. The lowest BCUT2D eigenvalue weighted by Gasteiger charge is -2.20. The minimum Gasteiger partial charge on any atom is -0.466 e. The van der Waals surface area contributed by atoms with Crippen molar-refractivity contribution >= 4 is 23.2 Å². The van der Waals surface area contributed by atoms with Crippen molar-refractivity contribution in [3.63, 3.8) is 0 Å². The van der Waals surface area contributed by atoms with Crippen LogP contribution in [0.2, 0.25) is 0 Å². The molecule has 0 bridgehead atoms. The van der Waals surface area contributed by atoms with Gasteiger partial charge in [0.2, 0.25) is 0 Å². The molecule has 2 rings (SSSR count). The van der Waals surface area contributed by atoms with Crippen molar-refractivity contribution in [1.29, 1.82) is 0 Å². The standard InChI is InChI=1S/C14H16N2O4S/c1-14(19,11-5-2-6-20-11)9-16-13(18)12(17)15-8-10-4-3-7-21-10/h2-7,19H,8-9H2,1H3,(H,15,17)(H,16,18). The van der Waals surface area contributed by atoms with Crippen LogP contribution in [0.1, 0.15) is 17.6 Å². The van der Waals surface area contributed by atoms with Crippen molar-refractivity contribution in [2.24, 2.45) is 0 Å². The molecule has 1 atom stereocenters. The Morgan fingerprint density at radius 3 is 2.67 bits per heavy atom. The van der Waals surface area contributed by atoms with Crippen LogP contribution in [-0.2, 0) is 21.7 Å². The molecule has 0 saturated heterocycles. The van der Waals surface area contributed by atoms with E-state index < -0.39 is 17.4 Å². The predicted octanol–water partition coefficient (Wildman–Crippen LogP) is 0.981. The second-order valence-electron chi connectivity index (χ2n) is 4.70. The first-order valence-corrected chi connectivity index (χ1v) is 7.22. The van der Waals surface area contributed by atoms with Crippen LogP contribution in [0.5, 0.6) is 0 Å². The van der Waals surface area contributed by atoms with Crippen molar-refractivity contribution in [2.45, 2.75) is 19.1 Å². The summed E-state index contributed by atoms with van der Waals surface area (Å²) in [5.74, 6) is -1.21. The second kappa shape index (κ2) is 6.55. The van der Waals surface area contributed by atoms with Gasteiger partial charge in [-0.2, -0.15) is 0 Å². The Hall–Kier alpha value is -2.12. The Morgan fingerprint density at radius 1 is 1.29 bits per heavy atom. The molecule has 2 amide bonds. The average molecular weight is 308 g/mol. The van der Waals surface area contributed by atoms with E-state index in [-0.39, 0.29) is 6.54 Å². The number of aliphatic hydroxyl groups is 1. The first-order chi connectivity index (χ1) is 9.99. The smallest absolute Gasteiger partial charge is 0.309 e. The van der Waals surface area contributed by atoms with Crippen molar-refractivity contribution in [1.82, 2.24) is 10.6 Å². The topological polar surface area (TPSA) is 91.6 Å². The maximum absolute atomic E-state index is 11.7. The zero-order valence-electron chi connectivity index (χ0n) is 11.5. The van der Waals surface area contributed by atoms with E-state index in [0.717, 1.165) is 4.88 Å². The number of amides is 2. The Morgan fingerprint density at radius 2 is 2.05 bits per heavy atom. The molecule has 1 unspecified atom stereocenters. The van der Waals surface area contributed by atoms with Gasteiger partial charge in [0.05, 0.1) is 19.4 Å². The lowest BCUT2D eigenvalue weighted by Crippen LogP contribution is -2.45. The van der Waals surface area contributed by atoms with Crippen LogP contribution in [0, 0.1) is 0 Å².